The second-order valence-corrected chi connectivity index (χ2v) is 5.77. The molecule has 0 saturated heterocycles. The molecule has 0 amide bonds. The Morgan fingerprint density at radius 3 is 2.86 bits per heavy atom. The van der Waals surface area contributed by atoms with Crippen molar-refractivity contribution >= 4 is 27.9 Å². The Bertz CT molecular complexity index is 920. The van der Waals surface area contributed by atoms with Gasteiger partial charge in [0.1, 0.15) is 5.01 Å². The van der Waals surface area contributed by atoms with Crippen molar-refractivity contribution in [2.24, 2.45) is 0 Å². The number of H-pyrrole nitrogens is 1. The van der Waals surface area contributed by atoms with Crippen LogP contribution in [0.3, 0.4) is 0 Å². The van der Waals surface area contributed by atoms with E-state index in [2.05, 4.69) is 22.5 Å². The van der Waals surface area contributed by atoms with Crippen LogP contribution in [-0.4, -0.2) is 9.97 Å². The van der Waals surface area contributed by atoms with E-state index >= 15 is 0 Å². The van der Waals surface area contributed by atoms with Gasteiger partial charge in [-0.1, -0.05) is 30.3 Å². The number of aromatic amines is 1. The lowest BCUT2D eigenvalue weighted by molar-refractivity contribution is 1.40. The van der Waals surface area contributed by atoms with Crippen LogP contribution in [0, 0.1) is 0 Å². The molecule has 0 radical (unpaired) electrons. The van der Waals surface area contributed by atoms with Crippen LogP contribution < -0.4 is 5.73 Å². The van der Waals surface area contributed by atoms with Crippen LogP contribution in [-0.2, 0) is 0 Å². The molecule has 0 saturated carbocycles. The number of rotatable bonds is 2. The topological polar surface area (TPSA) is 54.7 Å². The number of anilines is 1. The van der Waals surface area contributed by atoms with Crippen LogP contribution in [0.15, 0.2) is 60.1 Å². The Balaban J connectivity index is 1.81. The van der Waals surface area contributed by atoms with Crippen molar-refractivity contribution in [3.05, 3.63) is 60.1 Å². The molecular weight excluding hydrogens is 278 g/mol. The Labute approximate surface area is 126 Å². The van der Waals surface area contributed by atoms with Gasteiger partial charge < -0.3 is 10.7 Å². The van der Waals surface area contributed by atoms with Gasteiger partial charge in [-0.05, 0) is 18.2 Å². The normalized spacial score (nSPS) is 11.0. The third kappa shape index (κ3) is 2.10. The van der Waals surface area contributed by atoms with Gasteiger partial charge in [-0.3, -0.25) is 0 Å². The number of hydrogen-bond acceptors (Lipinski definition) is 3. The van der Waals surface area contributed by atoms with Crippen LogP contribution in [0.25, 0.3) is 32.7 Å². The summed E-state index contributed by atoms with van der Waals surface area (Å²) in [6, 6.07) is 16.1. The van der Waals surface area contributed by atoms with Gasteiger partial charge in [-0.25, -0.2) is 4.98 Å². The highest BCUT2D eigenvalue weighted by Gasteiger charge is 2.10. The van der Waals surface area contributed by atoms with E-state index in [0.717, 1.165) is 33.0 Å². The fraction of sp³-hybridized carbons (Fsp3) is 0. The molecule has 0 bridgehead atoms. The molecule has 4 rings (SSSR count). The number of nitrogens with zero attached hydrogens (tertiary/aromatic N) is 1. The van der Waals surface area contributed by atoms with E-state index in [1.807, 2.05) is 42.6 Å². The molecule has 21 heavy (non-hydrogen) atoms. The van der Waals surface area contributed by atoms with Gasteiger partial charge in [-0.15, -0.1) is 11.3 Å². The standard InChI is InChI=1S/C17H13N3S/c18-12-5-3-4-11(8-12)17-20-16(10-21-17)14-9-19-15-7-2-1-6-13(14)15/h1-10,19H,18H2. The van der Waals surface area contributed by atoms with Crippen molar-refractivity contribution in [3.63, 3.8) is 0 Å². The molecule has 4 heteroatoms. The van der Waals surface area contributed by atoms with E-state index < -0.39 is 0 Å². The quantitative estimate of drug-likeness (QED) is 0.533. The monoisotopic (exact) mass is 291 g/mol. The maximum atomic E-state index is 5.84. The van der Waals surface area contributed by atoms with Gasteiger partial charge in [0.25, 0.3) is 0 Å². The smallest absolute Gasteiger partial charge is 0.124 e. The summed E-state index contributed by atoms with van der Waals surface area (Å²) in [6.45, 7) is 0. The summed E-state index contributed by atoms with van der Waals surface area (Å²) in [5.74, 6) is 0. The average molecular weight is 291 g/mol. The number of nitrogen functional groups attached to an aromatic ring is 1. The first-order valence-electron chi connectivity index (χ1n) is 6.69. The minimum absolute atomic E-state index is 0.761. The molecular formula is C17H13N3S. The number of benzene rings is 2. The maximum absolute atomic E-state index is 5.84. The molecule has 102 valence electrons. The Morgan fingerprint density at radius 2 is 1.95 bits per heavy atom. The maximum Gasteiger partial charge on any atom is 0.124 e. The molecule has 4 aromatic rings. The number of nitrogens with two attached hydrogens (primary N) is 1. The molecule has 0 unspecified atom stereocenters. The largest absolute Gasteiger partial charge is 0.399 e. The average Bonchev–Trinajstić information content (AvgIpc) is 3.14. The summed E-state index contributed by atoms with van der Waals surface area (Å²) in [6.07, 6.45) is 2.02. The van der Waals surface area contributed by atoms with E-state index in [4.69, 9.17) is 10.7 Å². The minimum atomic E-state index is 0.761. The second kappa shape index (κ2) is 4.75. The van der Waals surface area contributed by atoms with E-state index in [1.165, 1.54) is 5.39 Å². The number of nitrogens with one attached hydrogen (secondary N) is 1. The lowest BCUT2D eigenvalue weighted by Crippen LogP contribution is -1.84. The van der Waals surface area contributed by atoms with E-state index in [9.17, 15) is 0 Å². The highest BCUT2D eigenvalue weighted by atomic mass is 32.1. The highest BCUT2D eigenvalue weighted by molar-refractivity contribution is 7.13. The van der Waals surface area contributed by atoms with Crippen molar-refractivity contribution in [1.29, 1.82) is 0 Å². The molecule has 0 aliphatic heterocycles. The number of aromatic nitrogens is 2. The van der Waals surface area contributed by atoms with Gasteiger partial charge >= 0.3 is 0 Å². The lowest BCUT2D eigenvalue weighted by Gasteiger charge is -1.98. The van der Waals surface area contributed by atoms with E-state index in [-0.39, 0.29) is 0 Å². The summed E-state index contributed by atoms with van der Waals surface area (Å²) in [5, 5.41) is 4.28. The summed E-state index contributed by atoms with van der Waals surface area (Å²) in [4.78, 5) is 8.05. The molecule has 2 aromatic heterocycles. The summed E-state index contributed by atoms with van der Waals surface area (Å²) >= 11 is 1.64. The first kappa shape index (κ1) is 12.2. The minimum Gasteiger partial charge on any atom is -0.399 e. The number of hydrogen-bond donors (Lipinski definition) is 2. The van der Waals surface area contributed by atoms with Gasteiger partial charge in [-0.2, -0.15) is 0 Å². The Hall–Kier alpha value is -2.59. The third-order valence-electron chi connectivity index (χ3n) is 3.50. The zero-order chi connectivity index (χ0) is 14.2. The van der Waals surface area contributed by atoms with Crippen LogP contribution in [0.1, 0.15) is 0 Å². The molecule has 0 aliphatic carbocycles. The number of para-hydroxylation sites is 1. The molecule has 3 N–H and O–H groups in total. The van der Waals surface area contributed by atoms with Crippen molar-refractivity contribution in [2.45, 2.75) is 0 Å². The molecule has 2 aromatic carbocycles. The van der Waals surface area contributed by atoms with Gasteiger partial charge in [0.15, 0.2) is 0 Å². The molecule has 0 atom stereocenters. The van der Waals surface area contributed by atoms with Crippen molar-refractivity contribution in [2.75, 3.05) is 5.73 Å². The van der Waals surface area contributed by atoms with Crippen LogP contribution in [0.5, 0.6) is 0 Å². The third-order valence-corrected chi connectivity index (χ3v) is 4.39. The summed E-state index contributed by atoms with van der Waals surface area (Å²) in [5.41, 5.74) is 10.9. The van der Waals surface area contributed by atoms with E-state index in [0.29, 0.717) is 0 Å². The second-order valence-electron chi connectivity index (χ2n) is 4.91. The first-order chi connectivity index (χ1) is 10.3. The first-order valence-corrected chi connectivity index (χ1v) is 7.57. The molecule has 0 aliphatic rings. The predicted octanol–water partition coefficient (Wildman–Crippen LogP) is 4.54. The van der Waals surface area contributed by atoms with Crippen molar-refractivity contribution in [1.82, 2.24) is 9.97 Å². The predicted molar refractivity (Wildman–Crippen MR) is 89.3 cm³/mol. The zero-order valence-corrected chi connectivity index (χ0v) is 12.0. The fourth-order valence-corrected chi connectivity index (χ4v) is 3.30. The molecule has 0 fully saturated rings. The Kier molecular flexibility index (Phi) is 2.75. The highest BCUT2D eigenvalue weighted by Crippen LogP contribution is 2.33. The lowest BCUT2D eigenvalue weighted by atomic mass is 10.1. The van der Waals surface area contributed by atoms with Crippen LogP contribution >= 0.6 is 11.3 Å². The molecule has 2 heterocycles. The SMILES string of the molecule is Nc1cccc(-c2nc(-c3c[nH]c4ccccc34)cs2)c1. The summed E-state index contributed by atoms with van der Waals surface area (Å²) < 4.78 is 0. The van der Waals surface area contributed by atoms with Crippen LogP contribution in [0.4, 0.5) is 5.69 Å². The summed E-state index contributed by atoms with van der Waals surface area (Å²) in [7, 11) is 0. The van der Waals surface area contributed by atoms with Crippen molar-refractivity contribution in [3.8, 4) is 21.8 Å². The molecule has 3 nitrogen and oxygen atoms in total. The van der Waals surface area contributed by atoms with E-state index in [1.54, 1.807) is 11.3 Å². The van der Waals surface area contributed by atoms with Crippen LogP contribution in [0.2, 0.25) is 0 Å². The fourth-order valence-electron chi connectivity index (χ4n) is 2.49. The van der Waals surface area contributed by atoms with Gasteiger partial charge in [0.2, 0.25) is 0 Å². The zero-order valence-electron chi connectivity index (χ0n) is 11.2. The van der Waals surface area contributed by atoms with Crippen molar-refractivity contribution < 1.29 is 0 Å². The molecule has 0 spiro atoms. The number of fused-ring (bicyclic) bond motifs is 1. The number of thiazole rings is 1. The van der Waals surface area contributed by atoms with Gasteiger partial charge in [0, 0.05) is 39.3 Å². The Morgan fingerprint density at radius 1 is 1.05 bits per heavy atom. The van der Waals surface area contributed by atoms with Gasteiger partial charge in [0.05, 0.1) is 5.69 Å².